The van der Waals surface area contributed by atoms with Crippen LogP contribution < -0.4 is 14.8 Å². The fourth-order valence-electron chi connectivity index (χ4n) is 5.45. The molecule has 1 saturated heterocycles. The summed E-state index contributed by atoms with van der Waals surface area (Å²) < 4.78 is 12.8. The van der Waals surface area contributed by atoms with Crippen molar-refractivity contribution in [3.05, 3.63) is 77.1 Å². The minimum atomic E-state index is 0.0968. The Balaban J connectivity index is 1.21. The first-order valence-electron chi connectivity index (χ1n) is 13.6. The van der Waals surface area contributed by atoms with Crippen molar-refractivity contribution < 1.29 is 14.3 Å². The predicted octanol–water partition coefficient (Wildman–Crippen LogP) is 4.74. The Morgan fingerprint density at radius 1 is 1.03 bits per heavy atom. The summed E-state index contributed by atoms with van der Waals surface area (Å²) >= 11 is 0. The number of methoxy groups -OCH3 is 2. The summed E-state index contributed by atoms with van der Waals surface area (Å²) in [5.41, 5.74) is 6.74. The molecule has 0 unspecified atom stereocenters. The monoisotopic (exact) mass is 527 g/mol. The van der Waals surface area contributed by atoms with Crippen molar-refractivity contribution in [3.8, 4) is 22.8 Å². The molecule has 0 spiro atoms. The van der Waals surface area contributed by atoms with Gasteiger partial charge < -0.3 is 14.8 Å². The first-order chi connectivity index (χ1) is 18.9. The summed E-state index contributed by atoms with van der Waals surface area (Å²) in [6.07, 6.45) is 3.02. The first kappa shape index (κ1) is 26.7. The number of rotatable bonds is 9. The number of aryl methyl sites for hydroxylation is 2. The number of fused-ring (bicyclic) bond motifs is 1. The van der Waals surface area contributed by atoms with Crippen LogP contribution in [0.2, 0.25) is 0 Å². The maximum Gasteiger partial charge on any atom is 0.220 e. The molecule has 1 N–H and O–H groups in total. The van der Waals surface area contributed by atoms with Crippen molar-refractivity contribution in [1.29, 1.82) is 0 Å². The lowest BCUT2D eigenvalue weighted by Gasteiger charge is -2.32. The normalized spacial score (nSPS) is 14.5. The Kier molecular flexibility index (Phi) is 8.12. The topological polar surface area (TPSA) is 81.0 Å². The van der Waals surface area contributed by atoms with E-state index in [-0.39, 0.29) is 11.9 Å². The van der Waals surface area contributed by atoms with Gasteiger partial charge in [-0.25, -0.2) is 9.50 Å². The predicted molar refractivity (Wildman–Crippen MR) is 152 cm³/mol. The number of amides is 1. The molecule has 1 aliphatic rings. The summed E-state index contributed by atoms with van der Waals surface area (Å²) in [7, 11) is 3.27. The van der Waals surface area contributed by atoms with Gasteiger partial charge in [0.25, 0.3) is 0 Å². The van der Waals surface area contributed by atoms with Crippen molar-refractivity contribution in [2.45, 2.75) is 52.1 Å². The highest BCUT2D eigenvalue weighted by molar-refractivity contribution is 5.76. The van der Waals surface area contributed by atoms with Gasteiger partial charge in [-0.3, -0.25) is 9.69 Å². The van der Waals surface area contributed by atoms with Crippen molar-refractivity contribution in [3.63, 3.8) is 0 Å². The van der Waals surface area contributed by atoms with E-state index in [2.05, 4.69) is 40.5 Å². The lowest BCUT2D eigenvalue weighted by Crippen LogP contribution is -2.44. The molecule has 1 amide bonds. The smallest absolute Gasteiger partial charge is 0.220 e. The second kappa shape index (κ2) is 11.9. The van der Waals surface area contributed by atoms with Crippen molar-refractivity contribution in [2.24, 2.45) is 0 Å². The van der Waals surface area contributed by atoms with E-state index in [9.17, 15) is 4.79 Å². The van der Waals surface area contributed by atoms with E-state index < -0.39 is 0 Å². The maximum absolute atomic E-state index is 12.9. The third-order valence-electron chi connectivity index (χ3n) is 7.65. The van der Waals surface area contributed by atoms with Gasteiger partial charge in [-0.05, 0) is 56.4 Å². The molecule has 4 aromatic rings. The van der Waals surface area contributed by atoms with E-state index in [0.29, 0.717) is 18.6 Å². The molecule has 5 rings (SSSR count). The standard InChI is InChI=1S/C31H37N5O3/c1-21-26(12-13-31(37)33-24-14-16-35(17-15-24)20-23-8-6-5-7-9-23)22(2)36-30(32-21)19-28(34-36)27-11-10-25(38-3)18-29(27)39-4/h5-11,18-19,24H,12-17,20H2,1-4H3,(H,33,37). The summed E-state index contributed by atoms with van der Waals surface area (Å²) in [4.78, 5) is 20.1. The van der Waals surface area contributed by atoms with Crippen LogP contribution in [0.25, 0.3) is 16.9 Å². The maximum atomic E-state index is 12.9. The molecule has 8 nitrogen and oxygen atoms in total. The lowest BCUT2D eigenvalue weighted by molar-refractivity contribution is -0.122. The molecule has 0 atom stereocenters. The van der Waals surface area contributed by atoms with Crippen molar-refractivity contribution >= 4 is 11.6 Å². The molecule has 0 aliphatic carbocycles. The number of nitrogens with one attached hydrogen (secondary N) is 1. The van der Waals surface area contributed by atoms with Gasteiger partial charge in [0.1, 0.15) is 11.5 Å². The zero-order valence-corrected chi connectivity index (χ0v) is 23.2. The largest absolute Gasteiger partial charge is 0.497 e. The quantitative estimate of drug-likeness (QED) is 0.339. The number of nitrogens with zero attached hydrogens (tertiary/aromatic N) is 4. The highest BCUT2D eigenvalue weighted by Gasteiger charge is 2.21. The second-order valence-electron chi connectivity index (χ2n) is 10.2. The highest BCUT2D eigenvalue weighted by Crippen LogP contribution is 2.33. The molecule has 3 heterocycles. The van der Waals surface area contributed by atoms with Crippen LogP contribution in [-0.2, 0) is 17.8 Å². The number of piperidine rings is 1. The van der Waals surface area contributed by atoms with Gasteiger partial charge in [-0.15, -0.1) is 0 Å². The van der Waals surface area contributed by atoms with Gasteiger partial charge >= 0.3 is 0 Å². The number of carbonyl (C=O) groups excluding carboxylic acids is 1. The van der Waals surface area contributed by atoms with E-state index in [4.69, 9.17) is 19.6 Å². The molecular formula is C31H37N5O3. The Morgan fingerprint density at radius 2 is 1.79 bits per heavy atom. The number of carbonyl (C=O) groups is 1. The molecule has 39 heavy (non-hydrogen) atoms. The molecule has 2 aromatic carbocycles. The van der Waals surface area contributed by atoms with Crippen LogP contribution in [0.15, 0.2) is 54.6 Å². The van der Waals surface area contributed by atoms with Crippen LogP contribution in [-0.4, -0.2) is 58.8 Å². The van der Waals surface area contributed by atoms with Crippen LogP contribution in [0, 0.1) is 13.8 Å². The van der Waals surface area contributed by atoms with Gasteiger partial charge in [0.15, 0.2) is 5.65 Å². The van der Waals surface area contributed by atoms with Crippen molar-refractivity contribution in [2.75, 3.05) is 27.3 Å². The molecular weight excluding hydrogens is 490 g/mol. The first-order valence-corrected chi connectivity index (χ1v) is 13.6. The Morgan fingerprint density at radius 3 is 2.51 bits per heavy atom. The third-order valence-corrected chi connectivity index (χ3v) is 7.65. The molecule has 1 aliphatic heterocycles. The second-order valence-corrected chi connectivity index (χ2v) is 10.2. The average Bonchev–Trinajstić information content (AvgIpc) is 3.38. The number of benzene rings is 2. The Hall–Kier alpha value is -3.91. The number of hydrogen-bond acceptors (Lipinski definition) is 6. The number of aromatic nitrogens is 3. The zero-order valence-electron chi connectivity index (χ0n) is 23.2. The number of likely N-dealkylation sites (tertiary alicyclic amines) is 1. The zero-order chi connectivity index (χ0) is 27.4. The SMILES string of the molecule is COc1ccc(-c2cc3nc(C)c(CCC(=O)NC4CCN(Cc5ccccc5)CC4)c(C)n3n2)c(OC)c1. The van der Waals surface area contributed by atoms with E-state index in [1.54, 1.807) is 14.2 Å². The highest BCUT2D eigenvalue weighted by atomic mass is 16.5. The van der Waals surface area contributed by atoms with Gasteiger partial charge in [-0.1, -0.05) is 30.3 Å². The van der Waals surface area contributed by atoms with E-state index in [1.165, 1.54) is 5.56 Å². The summed E-state index contributed by atoms with van der Waals surface area (Å²) in [6.45, 7) is 7.01. The molecule has 0 bridgehead atoms. The Bertz CT molecular complexity index is 1440. The molecule has 8 heteroatoms. The van der Waals surface area contributed by atoms with E-state index >= 15 is 0 Å². The van der Waals surface area contributed by atoms with Gasteiger partial charge in [0.05, 0.1) is 19.9 Å². The molecule has 204 valence electrons. The van der Waals surface area contributed by atoms with E-state index in [0.717, 1.165) is 72.1 Å². The summed E-state index contributed by atoms with van der Waals surface area (Å²) in [5.74, 6) is 1.51. The molecule has 1 fully saturated rings. The molecule has 2 aromatic heterocycles. The van der Waals surface area contributed by atoms with Gasteiger partial charge in [0, 0.05) is 61.2 Å². The van der Waals surface area contributed by atoms with Crippen LogP contribution in [0.1, 0.15) is 41.8 Å². The van der Waals surface area contributed by atoms with Gasteiger partial charge in [0.2, 0.25) is 5.91 Å². The fourth-order valence-corrected chi connectivity index (χ4v) is 5.45. The van der Waals surface area contributed by atoms with Crippen LogP contribution in [0.3, 0.4) is 0 Å². The number of ether oxygens (including phenoxy) is 2. The third kappa shape index (κ3) is 6.06. The van der Waals surface area contributed by atoms with Crippen LogP contribution in [0.5, 0.6) is 11.5 Å². The van der Waals surface area contributed by atoms with E-state index in [1.807, 2.05) is 42.6 Å². The van der Waals surface area contributed by atoms with Gasteiger partial charge in [-0.2, -0.15) is 5.10 Å². The lowest BCUT2D eigenvalue weighted by atomic mass is 10.0. The van der Waals surface area contributed by atoms with Crippen LogP contribution >= 0.6 is 0 Å². The average molecular weight is 528 g/mol. The van der Waals surface area contributed by atoms with Crippen molar-refractivity contribution in [1.82, 2.24) is 24.8 Å². The summed E-state index contributed by atoms with van der Waals surface area (Å²) in [6, 6.07) is 18.4. The molecule has 0 saturated carbocycles. The Labute approximate surface area is 230 Å². The minimum Gasteiger partial charge on any atom is -0.497 e. The fraction of sp³-hybridized carbons (Fsp3) is 0.387. The minimum absolute atomic E-state index is 0.0968. The number of hydrogen-bond donors (Lipinski definition) is 1. The van der Waals surface area contributed by atoms with Crippen LogP contribution in [0.4, 0.5) is 0 Å². The summed E-state index contributed by atoms with van der Waals surface area (Å²) in [5, 5.41) is 8.10. The molecule has 0 radical (unpaired) electrons.